The molecule has 1 rings (SSSR count). The Hall–Kier alpha value is -1.92. The smallest absolute Gasteiger partial charge is 0.399 e. The monoisotopic (exact) mass is 234 g/mol. The van der Waals surface area contributed by atoms with Gasteiger partial charge in [0.05, 0.1) is 7.11 Å². The third-order valence-corrected chi connectivity index (χ3v) is 1.90. The van der Waals surface area contributed by atoms with Gasteiger partial charge < -0.3 is 14.3 Å². The number of alkyl halides is 2. The molecule has 5 nitrogen and oxygen atoms in total. The van der Waals surface area contributed by atoms with Gasteiger partial charge in [-0.1, -0.05) is 0 Å². The number of ether oxygens (including phenoxy) is 1. The fourth-order valence-corrected chi connectivity index (χ4v) is 1.05. The summed E-state index contributed by atoms with van der Waals surface area (Å²) in [5.41, 5.74) is -0.224. The van der Waals surface area contributed by atoms with E-state index in [2.05, 4.69) is 9.15 Å². The van der Waals surface area contributed by atoms with Crippen molar-refractivity contribution < 1.29 is 32.6 Å². The number of rotatable bonds is 3. The maximum absolute atomic E-state index is 13.0. The van der Waals surface area contributed by atoms with Crippen molar-refractivity contribution in [2.75, 3.05) is 7.11 Å². The molecule has 0 aliphatic rings. The Bertz CT molecular complexity index is 435. The number of carboxylic acids is 1. The maximum Gasteiger partial charge on any atom is 0.399 e. The normalized spacial score (nSPS) is 11.2. The van der Waals surface area contributed by atoms with Gasteiger partial charge in [0.15, 0.2) is 5.76 Å². The molecule has 7 heteroatoms. The number of carbonyl (C=O) groups excluding carboxylic acids is 1. The van der Waals surface area contributed by atoms with E-state index in [0.717, 1.165) is 7.11 Å². The first-order valence-corrected chi connectivity index (χ1v) is 4.11. The molecule has 1 aromatic heterocycles. The first kappa shape index (κ1) is 12.2. The number of carboxylic acid groups (broad SMARTS) is 1. The van der Waals surface area contributed by atoms with Crippen LogP contribution in [0.3, 0.4) is 0 Å². The highest BCUT2D eigenvalue weighted by molar-refractivity contribution is 5.91. The van der Waals surface area contributed by atoms with Gasteiger partial charge in [0, 0.05) is 6.07 Å². The Morgan fingerprint density at radius 3 is 2.50 bits per heavy atom. The van der Waals surface area contributed by atoms with Crippen LogP contribution in [0.4, 0.5) is 8.78 Å². The first-order valence-electron chi connectivity index (χ1n) is 4.11. The molecule has 88 valence electrons. The molecule has 16 heavy (non-hydrogen) atoms. The summed E-state index contributed by atoms with van der Waals surface area (Å²) in [7, 11) is 1.07. The van der Waals surface area contributed by atoms with Crippen LogP contribution < -0.4 is 0 Å². The second-order valence-corrected chi connectivity index (χ2v) is 2.95. The van der Waals surface area contributed by atoms with Crippen LogP contribution in [-0.4, -0.2) is 24.2 Å². The van der Waals surface area contributed by atoms with Crippen LogP contribution in [0.15, 0.2) is 10.5 Å². The number of aryl methyl sites for hydroxylation is 1. The maximum atomic E-state index is 13.0. The van der Waals surface area contributed by atoms with Crippen molar-refractivity contribution in [2.45, 2.75) is 12.8 Å². The van der Waals surface area contributed by atoms with Crippen LogP contribution in [0.1, 0.15) is 21.9 Å². The van der Waals surface area contributed by atoms with Gasteiger partial charge in [-0.25, -0.2) is 9.59 Å². The molecule has 1 aromatic rings. The lowest BCUT2D eigenvalue weighted by Crippen LogP contribution is -2.24. The number of hydrogen-bond acceptors (Lipinski definition) is 4. The van der Waals surface area contributed by atoms with Gasteiger partial charge in [0.2, 0.25) is 0 Å². The summed E-state index contributed by atoms with van der Waals surface area (Å²) in [5.74, 6) is -8.61. The fourth-order valence-electron chi connectivity index (χ4n) is 1.05. The molecule has 0 unspecified atom stereocenters. The molecule has 0 aromatic carbocycles. The van der Waals surface area contributed by atoms with E-state index in [1.165, 1.54) is 6.92 Å². The highest BCUT2D eigenvalue weighted by Crippen LogP contribution is 2.31. The predicted octanol–water partition coefficient (Wildman–Crippen LogP) is 1.55. The number of hydrogen-bond donors (Lipinski definition) is 1. The summed E-state index contributed by atoms with van der Waals surface area (Å²) < 4.78 is 34.8. The van der Waals surface area contributed by atoms with Crippen LogP contribution in [0.25, 0.3) is 0 Å². The minimum Gasteiger partial charge on any atom is -0.476 e. The number of methoxy groups -OCH3 is 1. The van der Waals surface area contributed by atoms with Gasteiger partial charge in [-0.2, -0.15) is 8.78 Å². The molecule has 0 saturated carbocycles. The molecule has 1 heterocycles. The Morgan fingerprint density at radius 1 is 1.50 bits per heavy atom. The topological polar surface area (TPSA) is 76.7 Å². The molecular weight excluding hydrogens is 226 g/mol. The molecule has 0 radical (unpaired) electrons. The van der Waals surface area contributed by atoms with Crippen molar-refractivity contribution >= 4 is 11.9 Å². The molecule has 1 N–H and O–H groups in total. The highest BCUT2D eigenvalue weighted by Gasteiger charge is 2.45. The molecule has 0 bridgehead atoms. The Kier molecular flexibility index (Phi) is 2.97. The van der Waals surface area contributed by atoms with Gasteiger partial charge in [-0.3, -0.25) is 0 Å². The van der Waals surface area contributed by atoms with Gasteiger partial charge in [-0.05, 0) is 6.92 Å². The predicted molar refractivity (Wildman–Crippen MR) is 46.3 cm³/mol. The third-order valence-electron chi connectivity index (χ3n) is 1.90. The second kappa shape index (κ2) is 3.92. The average Bonchev–Trinajstić information content (AvgIpc) is 2.59. The molecule has 0 spiro atoms. The van der Waals surface area contributed by atoms with Crippen LogP contribution in [0.5, 0.6) is 0 Å². The van der Waals surface area contributed by atoms with Gasteiger partial charge >= 0.3 is 17.9 Å². The zero-order valence-corrected chi connectivity index (χ0v) is 8.41. The fraction of sp³-hybridized carbons (Fsp3) is 0.333. The number of aliphatic carboxylic acids is 1. The standard InChI is InChI=1S/C9H8F2O5/c1-4-5(7(12)15-2)3-6(16-4)9(10,11)8(13)14/h3H,1-2H3,(H,13,14). The Morgan fingerprint density at radius 2 is 2.06 bits per heavy atom. The molecule has 0 atom stereocenters. The molecule has 0 amide bonds. The summed E-state index contributed by atoms with van der Waals surface area (Å²) in [6.07, 6.45) is 0. The van der Waals surface area contributed by atoms with E-state index in [1.807, 2.05) is 0 Å². The number of halogens is 2. The quantitative estimate of drug-likeness (QED) is 0.803. The van der Waals surface area contributed by atoms with E-state index in [4.69, 9.17) is 5.11 Å². The lowest BCUT2D eigenvalue weighted by Gasteiger charge is -2.06. The molecule has 0 saturated heterocycles. The number of carbonyl (C=O) groups is 2. The van der Waals surface area contributed by atoms with Gasteiger partial charge in [-0.15, -0.1) is 0 Å². The summed E-state index contributed by atoms with van der Waals surface area (Å²) >= 11 is 0. The van der Waals surface area contributed by atoms with Crippen molar-refractivity contribution in [2.24, 2.45) is 0 Å². The largest absolute Gasteiger partial charge is 0.476 e. The molecular formula is C9H8F2O5. The van der Waals surface area contributed by atoms with E-state index in [9.17, 15) is 18.4 Å². The average molecular weight is 234 g/mol. The zero-order chi connectivity index (χ0) is 12.5. The van der Waals surface area contributed by atoms with E-state index in [0.29, 0.717) is 6.07 Å². The second-order valence-electron chi connectivity index (χ2n) is 2.95. The minimum absolute atomic E-state index is 0.122. The summed E-state index contributed by atoms with van der Waals surface area (Å²) in [6.45, 7) is 1.26. The lowest BCUT2D eigenvalue weighted by molar-refractivity contribution is -0.169. The SMILES string of the molecule is COC(=O)c1cc(C(F)(F)C(=O)O)oc1C. The molecule has 0 aliphatic heterocycles. The van der Waals surface area contributed by atoms with Crippen molar-refractivity contribution in [1.82, 2.24) is 0 Å². The van der Waals surface area contributed by atoms with Crippen LogP contribution in [0, 0.1) is 6.92 Å². The van der Waals surface area contributed by atoms with Crippen LogP contribution in [0.2, 0.25) is 0 Å². The number of esters is 1. The van der Waals surface area contributed by atoms with Crippen molar-refractivity contribution in [3.05, 3.63) is 23.2 Å². The van der Waals surface area contributed by atoms with E-state index < -0.39 is 23.6 Å². The minimum atomic E-state index is -4.17. The lowest BCUT2D eigenvalue weighted by atomic mass is 10.2. The van der Waals surface area contributed by atoms with E-state index in [1.54, 1.807) is 0 Å². The van der Waals surface area contributed by atoms with Gasteiger partial charge in [0.1, 0.15) is 11.3 Å². The third kappa shape index (κ3) is 1.88. The van der Waals surface area contributed by atoms with Crippen LogP contribution >= 0.6 is 0 Å². The summed E-state index contributed by atoms with van der Waals surface area (Å²) in [4.78, 5) is 21.3. The summed E-state index contributed by atoms with van der Waals surface area (Å²) in [5, 5.41) is 8.26. The van der Waals surface area contributed by atoms with Crippen molar-refractivity contribution in [3.63, 3.8) is 0 Å². The Balaban J connectivity index is 3.20. The van der Waals surface area contributed by atoms with Gasteiger partial charge in [0.25, 0.3) is 0 Å². The van der Waals surface area contributed by atoms with E-state index >= 15 is 0 Å². The molecule has 0 aliphatic carbocycles. The first-order chi connectivity index (χ1) is 7.30. The zero-order valence-electron chi connectivity index (χ0n) is 8.41. The number of furan rings is 1. The Labute approximate surface area is 88.6 Å². The van der Waals surface area contributed by atoms with Crippen molar-refractivity contribution in [1.29, 1.82) is 0 Å². The summed E-state index contributed by atoms with van der Waals surface area (Å²) in [6, 6.07) is 0.662. The highest BCUT2D eigenvalue weighted by atomic mass is 19.3. The molecule has 0 fully saturated rings. The van der Waals surface area contributed by atoms with Crippen molar-refractivity contribution in [3.8, 4) is 0 Å². The van der Waals surface area contributed by atoms with E-state index in [-0.39, 0.29) is 11.3 Å². The van der Waals surface area contributed by atoms with Crippen LogP contribution in [-0.2, 0) is 15.5 Å².